The van der Waals surface area contributed by atoms with Crippen LogP contribution in [0.25, 0.3) is 106 Å². The predicted octanol–water partition coefficient (Wildman–Crippen LogP) is 14.4. The summed E-state index contributed by atoms with van der Waals surface area (Å²) < 4.78 is 5.41. The molecule has 0 radical (unpaired) electrons. The van der Waals surface area contributed by atoms with E-state index in [0.29, 0.717) is 0 Å². The molecule has 222 valence electrons. The maximum absolute atomic E-state index is 2.44. The van der Waals surface area contributed by atoms with E-state index < -0.39 is 0 Å². The molecule has 0 nitrogen and oxygen atoms in total. The van der Waals surface area contributed by atoms with Gasteiger partial charge in [-0.05, 0) is 84.2 Å². The largest absolute Gasteiger partial charge is 0.135 e. The Balaban J connectivity index is 1.17. The average molecular weight is 643 g/mol. The van der Waals surface area contributed by atoms with Gasteiger partial charge in [0.05, 0.1) is 0 Å². The number of hydrogen-bond acceptors (Lipinski definition) is 2. The number of thiophene rings is 2. The van der Waals surface area contributed by atoms with E-state index >= 15 is 0 Å². The van der Waals surface area contributed by atoms with Crippen molar-refractivity contribution < 1.29 is 0 Å². The van der Waals surface area contributed by atoms with Gasteiger partial charge in [0.2, 0.25) is 0 Å². The monoisotopic (exact) mass is 642 g/mol. The highest BCUT2D eigenvalue weighted by atomic mass is 32.1. The summed E-state index contributed by atoms with van der Waals surface area (Å²) in [4.78, 5) is 0. The lowest BCUT2D eigenvalue weighted by Gasteiger charge is -2.18. The summed E-state index contributed by atoms with van der Waals surface area (Å²) in [5, 5.41) is 15.8. The fourth-order valence-corrected chi connectivity index (χ4v) is 10.5. The summed E-state index contributed by atoms with van der Waals surface area (Å²) >= 11 is 3.82. The Morgan fingerprint density at radius 2 is 0.833 bits per heavy atom. The van der Waals surface area contributed by atoms with Gasteiger partial charge in [-0.1, -0.05) is 133 Å². The highest BCUT2D eigenvalue weighted by molar-refractivity contribution is 7.27. The summed E-state index contributed by atoms with van der Waals surface area (Å²) in [6, 6.07) is 58.8. The SMILES string of the molecule is c1ccc2cc(-c3c4ccccc4c(-c4ccc5c(c4)sc4ccc6c(ccc7c8ccccc8sc76)c45)c4ccccc34)ccc2c1. The lowest BCUT2D eigenvalue weighted by molar-refractivity contribution is 1.69. The van der Waals surface area contributed by atoms with Crippen molar-refractivity contribution in [2.24, 2.45) is 0 Å². The lowest BCUT2D eigenvalue weighted by atomic mass is 9.85. The Kier molecular flexibility index (Phi) is 5.51. The van der Waals surface area contributed by atoms with Gasteiger partial charge >= 0.3 is 0 Å². The van der Waals surface area contributed by atoms with E-state index in [1.165, 1.54) is 106 Å². The van der Waals surface area contributed by atoms with E-state index in [1.807, 2.05) is 22.7 Å². The molecule has 0 aliphatic rings. The van der Waals surface area contributed by atoms with Gasteiger partial charge in [-0.2, -0.15) is 0 Å². The van der Waals surface area contributed by atoms with Crippen LogP contribution in [0.3, 0.4) is 0 Å². The van der Waals surface area contributed by atoms with Crippen molar-refractivity contribution in [1.82, 2.24) is 0 Å². The van der Waals surface area contributed by atoms with Crippen LogP contribution in [0, 0.1) is 0 Å². The second kappa shape index (κ2) is 9.98. The van der Waals surface area contributed by atoms with E-state index in [9.17, 15) is 0 Å². The smallest absolute Gasteiger partial charge is 0.0434 e. The molecule has 0 amide bonds. The minimum absolute atomic E-state index is 1.26. The van der Waals surface area contributed by atoms with E-state index in [0.717, 1.165) is 0 Å². The molecular formula is C46H26S2. The summed E-state index contributed by atoms with van der Waals surface area (Å²) in [6.45, 7) is 0. The molecule has 0 atom stereocenters. The first-order valence-corrected chi connectivity index (χ1v) is 18.1. The van der Waals surface area contributed by atoms with Gasteiger partial charge in [0.25, 0.3) is 0 Å². The van der Waals surface area contributed by atoms with Crippen LogP contribution in [-0.2, 0) is 0 Å². The van der Waals surface area contributed by atoms with Crippen molar-refractivity contribution in [1.29, 1.82) is 0 Å². The van der Waals surface area contributed by atoms with Crippen molar-refractivity contribution in [2.45, 2.75) is 0 Å². The molecule has 0 aliphatic heterocycles. The highest BCUT2D eigenvalue weighted by Gasteiger charge is 2.19. The van der Waals surface area contributed by atoms with E-state index in [1.54, 1.807) is 0 Å². The van der Waals surface area contributed by atoms with Crippen LogP contribution in [0.15, 0.2) is 158 Å². The van der Waals surface area contributed by atoms with Gasteiger partial charge in [-0.15, -0.1) is 22.7 Å². The first-order valence-electron chi connectivity index (χ1n) is 16.4. The van der Waals surface area contributed by atoms with Crippen LogP contribution in [0.5, 0.6) is 0 Å². The van der Waals surface area contributed by atoms with E-state index in [4.69, 9.17) is 0 Å². The Morgan fingerprint density at radius 1 is 0.292 bits per heavy atom. The van der Waals surface area contributed by atoms with Gasteiger partial charge in [-0.3, -0.25) is 0 Å². The minimum atomic E-state index is 1.26. The lowest BCUT2D eigenvalue weighted by Crippen LogP contribution is -1.90. The Hall–Kier alpha value is -5.54. The Bertz CT molecular complexity index is 3060. The van der Waals surface area contributed by atoms with Crippen molar-refractivity contribution in [2.75, 3.05) is 0 Å². The molecule has 0 aliphatic carbocycles. The summed E-state index contributed by atoms with van der Waals surface area (Å²) in [5.74, 6) is 0. The second-order valence-corrected chi connectivity index (χ2v) is 14.9. The zero-order valence-corrected chi connectivity index (χ0v) is 27.5. The average Bonchev–Trinajstić information content (AvgIpc) is 3.72. The van der Waals surface area contributed by atoms with Gasteiger partial charge in [0.15, 0.2) is 0 Å². The fourth-order valence-electron chi connectivity index (χ4n) is 8.11. The van der Waals surface area contributed by atoms with Crippen LogP contribution in [0.1, 0.15) is 0 Å². The number of rotatable bonds is 2. The molecule has 0 saturated carbocycles. The number of hydrogen-bond donors (Lipinski definition) is 0. The van der Waals surface area contributed by atoms with Crippen LogP contribution in [-0.4, -0.2) is 0 Å². The van der Waals surface area contributed by atoms with E-state index in [2.05, 4.69) is 158 Å². The molecule has 0 fully saturated rings. The molecule has 0 saturated heterocycles. The highest BCUT2D eigenvalue weighted by Crippen LogP contribution is 2.47. The first kappa shape index (κ1) is 26.5. The quantitative estimate of drug-likeness (QED) is 0.165. The third kappa shape index (κ3) is 3.70. The number of fused-ring (bicyclic) bond motifs is 12. The topological polar surface area (TPSA) is 0 Å². The van der Waals surface area contributed by atoms with Crippen LogP contribution in [0.4, 0.5) is 0 Å². The van der Waals surface area contributed by atoms with Crippen molar-refractivity contribution >= 4 is 106 Å². The van der Waals surface area contributed by atoms with Crippen molar-refractivity contribution in [3.05, 3.63) is 158 Å². The molecule has 0 bridgehead atoms. The maximum Gasteiger partial charge on any atom is 0.0434 e. The normalized spacial score (nSPS) is 12.2. The fraction of sp³-hybridized carbons (Fsp3) is 0. The summed E-state index contributed by atoms with van der Waals surface area (Å²) in [7, 11) is 0. The summed E-state index contributed by atoms with van der Waals surface area (Å²) in [5.41, 5.74) is 5.13. The third-order valence-electron chi connectivity index (χ3n) is 10.2. The second-order valence-electron chi connectivity index (χ2n) is 12.8. The standard InChI is InChI=1S/C46H26S2/c1-2-10-28-25-29(18-17-27(28)9-1)43-32-12-3-5-14-34(32)44(35-15-6-4-13-33(35)43)30-19-20-39-42(26-30)47-41-24-23-38-36(45(39)41)21-22-37-31-11-7-8-16-40(31)48-46(37)38/h1-26H. The van der Waals surface area contributed by atoms with Gasteiger partial charge < -0.3 is 0 Å². The Labute approximate surface area is 284 Å². The maximum atomic E-state index is 2.44. The Morgan fingerprint density at radius 3 is 1.58 bits per heavy atom. The zero-order valence-electron chi connectivity index (χ0n) is 25.8. The molecule has 2 aromatic heterocycles. The third-order valence-corrected chi connectivity index (χ3v) is 12.6. The van der Waals surface area contributed by atoms with Crippen molar-refractivity contribution in [3.63, 3.8) is 0 Å². The summed E-state index contributed by atoms with van der Waals surface area (Å²) in [6.07, 6.45) is 0. The minimum Gasteiger partial charge on any atom is -0.135 e. The van der Waals surface area contributed by atoms with Gasteiger partial charge in [-0.25, -0.2) is 0 Å². The first-order chi connectivity index (χ1) is 23.8. The molecule has 2 heteroatoms. The van der Waals surface area contributed by atoms with E-state index in [-0.39, 0.29) is 0 Å². The van der Waals surface area contributed by atoms with Crippen LogP contribution < -0.4 is 0 Å². The molecule has 0 N–H and O–H groups in total. The molecule has 2 heterocycles. The predicted molar refractivity (Wildman–Crippen MR) is 213 cm³/mol. The molecule has 48 heavy (non-hydrogen) atoms. The van der Waals surface area contributed by atoms with Crippen LogP contribution >= 0.6 is 22.7 Å². The van der Waals surface area contributed by atoms with Crippen molar-refractivity contribution in [3.8, 4) is 22.3 Å². The van der Waals surface area contributed by atoms with Gasteiger partial charge in [0.1, 0.15) is 0 Å². The molecule has 9 aromatic carbocycles. The van der Waals surface area contributed by atoms with Crippen LogP contribution in [0.2, 0.25) is 0 Å². The number of benzene rings is 9. The zero-order chi connectivity index (χ0) is 31.3. The molecule has 11 aromatic rings. The van der Waals surface area contributed by atoms with Gasteiger partial charge in [0, 0.05) is 45.7 Å². The molecule has 11 rings (SSSR count). The molecule has 0 unspecified atom stereocenters. The molecular weight excluding hydrogens is 617 g/mol. The molecule has 0 spiro atoms.